The van der Waals surface area contributed by atoms with Crippen LogP contribution in [0.5, 0.6) is 0 Å². The van der Waals surface area contributed by atoms with Crippen LogP contribution >= 0.6 is 15.9 Å². The van der Waals surface area contributed by atoms with Crippen LogP contribution in [0.4, 0.5) is 11.7 Å². The van der Waals surface area contributed by atoms with Crippen molar-refractivity contribution in [2.45, 2.75) is 0 Å². The highest BCUT2D eigenvalue weighted by Gasteiger charge is 2.08. The minimum Gasteiger partial charge on any atom is -0.403 e. The average molecular weight is 316 g/mol. The Morgan fingerprint density at radius 3 is 2.58 bits per heavy atom. The predicted octanol–water partition coefficient (Wildman–Crippen LogP) is 4.24. The molecule has 3 rings (SSSR count). The third kappa shape index (κ3) is 2.82. The number of benzene rings is 2. The van der Waals surface area contributed by atoms with Gasteiger partial charge >= 0.3 is 6.01 Å². The molecule has 0 saturated carbocycles. The van der Waals surface area contributed by atoms with Crippen LogP contribution in [0.2, 0.25) is 0 Å². The minimum atomic E-state index is 0.376. The van der Waals surface area contributed by atoms with Crippen LogP contribution in [0.25, 0.3) is 11.5 Å². The van der Waals surface area contributed by atoms with Gasteiger partial charge in [0, 0.05) is 15.7 Å². The number of rotatable bonds is 3. The quantitative estimate of drug-likeness (QED) is 0.785. The molecule has 0 bridgehead atoms. The second-order valence-corrected chi connectivity index (χ2v) is 4.83. The Morgan fingerprint density at radius 2 is 1.79 bits per heavy atom. The second kappa shape index (κ2) is 5.24. The summed E-state index contributed by atoms with van der Waals surface area (Å²) in [6.07, 6.45) is 0. The first-order valence-corrected chi connectivity index (χ1v) is 6.52. The standard InChI is InChI=1S/C14H10BrN3O/c15-11-6-4-5-10(9-11)13-17-18-14(19-13)16-12-7-2-1-3-8-12/h1-9H,(H,16,18). The SMILES string of the molecule is Brc1cccc(-c2nnc(Nc3ccccc3)o2)c1. The number of halogens is 1. The highest BCUT2D eigenvalue weighted by molar-refractivity contribution is 9.10. The van der Waals surface area contributed by atoms with Gasteiger partial charge in [-0.15, -0.1) is 5.10 Å². The summed E-state index contributed by atoms with van der Waals surface area (Å²) in [5, 5.41) is 11.1. The molecule has 0 spiro atoms. The van der Waals surface area contributed by atoms with E-state index in [4.69, 9.17) is 4.42 Å². The second-order valence-electron chi connectivity index (χ2n) is 3.91. The van der Waals surface area contributed by atoms with Crippen molar-refractivity contribution in [1.29, 1.82) is 0 Å². The van der Waals surface area contributed by atoms with Gasteiger partial charge in [0.2, 0.25) is 5.89 Å². The topological polar surface area (TPSA) is 51.0 Å². The van der Waals surface area contributed by atoms with Crippen molar-refractivity contribution >= 4 is 27.6 Å². The fourth-order valence-electron chi connectivity index (χ4n) is 1.66. The van der Waals surface area contributed by atoms with E-state index in [2.05, 4.69) is 31.4 Å². The number of aromatic nitrogens is 2. The van der Waals surface area contributed by atoms with Gasteiger partial charge in [-0.1, -0.05) is 45.3 Å². The summed E-state index contributed by atoms with van der Waals surface area (Å²) in [4.78, 5) is 0. The third-order valence-corrected chi connectivity index (χ3v) is 3.01. The van der Waals surface area contributed by atoms with Crippen LogP contribution in [0, 0.1) is 0 Å². The molecule has 94 valence electrons. The van der Waals surface area contributed by atoms with E-state index < -0.39 is 0 Å². The van der Waals surface area contributed by atoms with E-state index in [0.29, 0.717) is 11.9 Å². The highest BCUT2D eigenvalue weighted by atomic mass is 79.9. The zero-order chi connectivity index (χ0) is 13.1. The summed E-state index contributed by atoms with van der Waals surface area (Å²) in [7, 11) is 0. The number of nitrogens with one attached hydrogen (secondary N) is 1. The van der Waals surface area contributed by atoms with Crippen molar-refractivity contribution in [2.24, 2.45) is 0 Å². The fraction of sp³-hybridized carbons (Fsp3) is 0. The molecule has 2 aromatic carbocycles. The molecule has 1 N–H and O–H groups in total. The monoisotopic (exact) mass is 315 g/mol. The molecule has 4 nitrogen and oxygen atoms in total. The van der Waals surface area contributed by atoms with Gasteiger partial charge in [-0.3, -0.25) is 0 Å². The van der Waals surface area contributed by atoms with Gasteiger partial charge in [-0.25, -0.2) is 0 Å². The van der Waals surface area contributed by atoms with Crippen LogP contribution in [-0.4, -0.2) is 10.2 Å². The molecule has 0 aliphatic carbocycles. The molecule has 0 saturated heterocycles. The van der Waals surface area contributed by atoms with Crippen molar-refractivity contribution in [3.8, 4) is 11.5 Å². The van der Waals surface area contributed by atoms with Crippen LogP contribution in [0.15, 0.2) is 63.5 Å². The molecule has 0 unspecified atom stereocenters. The first-order chi connectivity index (χ1) is 9.31. The Kier molecular flexibility index (Phi) is 3.29. The normalized spacial score (nSPS) is 10.4. The molecule has 1 aromatic heterocycles. The van der Waals surface area contributed by atoms with E-state index in [1.807, 2.05) is 54.6 Å². The Bertz CT molecular complexity index is 682. The zero-order valence-corrected chi connectivity index (χ0v) is 11.5. The number of nitrogens with zero attached hydrogens (tertiary/aromatic N) is 2. The van der Waals surface area contributed by atoms with Gasteiger partial charge < -0.3 is 9.73 Å². The van der Waals surface area contributed by atoms with Crippen molar-refractivity contribution in [1.82, 2.24) is 10.2 Å². The Balaban J connectivity index is 1.84. The number of para-hydroxylation sites is 1. The molecular formula is C14H10BrN3O. The minimum absolute atomic E-state index is 0.376. The molecule has 0 aliphatic rings. The van der Waals surface area contributed by atoms with Crippen molar-refractivity contribution in [3.05, 3.63) is 59.1 Å². The molecule has 0 aliphatic heterocycles. The van der Waals surface area contributed by atoms with E-state index in [0.717, 1.165) is 15.7 Å². The molecule has 1 heterocycles. The van der Waals surface area contributed by atoms with Crippen LogP contribution < -0.4 is 5.32 Å². The van der Waals surface area contributed by atoms with Gasteiger partial charge in [0.15, 0.2) is 0 Å². The first-order valence-electron chi connectivity index (χ1n) is 5.73. The molecule has 0 radical (unpaired) electrons. The lowest BCUT2D eigenvalue weighted by molar-refractivity contribution is 0.587. The average Bonchev–Trinajstić information content (AvgIpc) is 2.88. The molecule has 19 heavy (non-hydrogen) atoms. The van der Waals surface area contributed by atoms with E-state index in [-0.39, 0.29) is 0 Å². The molecule has 0 fully saturated rings. The van der Waals surface area contributed by atoms with Crippen molar-refractivity contribution in [3.63, 3.8) is 0 Å². The highest BCUT2D eigenvalue weighted by Crippen LogP contribution is 2.24. The maximum atomic E-state index is 5.57. The molecular weight excluding hydrogens is 306 g/mol. The maximum Gasteiger partial charge on any atom is 0.320 e. The van der Waals surface area contributed by atoms with Gasteiger partial charge in [-0.05, 0) is 30.3 Å². The molecule has 3 aromatic rings. The Labute approximate surface area is 118 Å². The smallest absolute Gasteiger partial charge is 0.320 e. The van der Waals surface area contributed by atoms with Crippen molar-refractivity contribution < 1.29 is 4.42 Å². The predicted molar refractivity (Wildman–Crippen MR) is 77.2 cm³/mol. The summed E-state index contributed by atoms with van der Waals surface area (Å²) < 4.78 is 6.55. The lowest BCUT2D eigenvalue weighted by Gasteiger charge is -1.99. The molecule has 5 heteroatoms. The molecule has 0 amide bonds. The fourth-order valence-corrected chi connectivity index (χ4v) is 2.06. The lowest BCUT2D eigenvalue weighted by atomic mass is 10.2. The van der Waals surface area contributed by atoms with Crippen LogP contribution in [-0.2, 0) is 0 Å². The van der Waals surface area contributed by atoms with Crippen molar-refractivity contribution in [2.75, 3.05) is 5.32 Å². The first kappa shape index (κ1) is 11.9. The summed E-state index contributed by atoms with van der Waals surface area (Å²) in [6.45, 7) is 0. The maximum absolute atomic E-state index is 5.57. The number of anilines is 2. The van der Waals surface area contributed by atoms with Crippen LogP contribution in [0.1, 0.15) is 0 Å². The van der Waals surface area contributed by atoms with E-state index >= 15 is 0 Å². The summed E-state index contributed by atoms with van der Waals surface area (Å²) in [5.74, 6) is 0.486. The number of hydrogen-bond donors (Lipinski definition) is 1. The van der Waals surface area contributed by atoms with E-state index in [1.165, 1.54) is 0 Å². The summed E-state index contributed by atoms with van der Waals surface area (Å²) in [5.41, 5.74) is 1.79. The number of hydrogen-bond acceptors (Lipinski definition) is 4. The van der Waals surface area contributed by atoms with E-state index in [1.54, 1.807) is 0 Å². The van der Waals surface area contributed by atoms with Gasteiger partial charge in [-0.2, -0.15) is 0 Å². The molecule has 0 atom stereocenters. The Morgan fingerprint density at radius 1 is 0.947 bits per heavy atom. The van der Waals surface area contributed by atoms with Gasteiger partial charge in [0.25, 0.3) is 0 Å². The third-order valence-electron chi connectivity index (χ3n) is 2.52. The van der Waals surface area contributed by atoms with E-state index in [9.17, 15) is 0 Å². The lowest BCUT2D eigenvalue weighted by Crippen LogP contribution is -1.88. The summed E-state index contributed by atoms with van der Waals surface area (Å²) >= 11 is 3.41. The summed E-state index contributed by atoms with van der Waals surface area (Å²) in [6, 6.07) is 17.8. The van der Waals surface area contributed by atoms with Crippen LogP contribution in [0.3, 0.4) is 0 Å². The Hall–Kier alpha value is -2.14. The van der Waals surface area contributed by atoms with Gasteiger partial charge in [0.05, 0.1) is 0 Å². The van der Waals surface area contributed by atoms with Gasteiger partial charge in [0.1, 0.15) is 0 Å². The largest absolute Gasteiger partial charge is 0.403 e. The zero-order valence-electron chi connectivity index (χ0n) is 9.88.